The first kappa shape index (κ1) is 19.6. The second-order valence-electron chi connectivity index (χ2n) is 7.16. The summed E-state index contributed by atoms with van der Waals surface area (Å²) < 4.78 is 13.9. The Morgan fingerprint density at radius 1 is 1.19 bits per heavy atom. The molecule has 2 fully saturated rings. The van der Waals surface area contributed by atoms with Crippen LogP contribution in [0.15, 0.2) is 18.2 Å². The lowest BCUT2D eigenvalue weighted by Crippen LogP contribution is -2.51. The van der Waals surface area contributed by atoms with Gasteiger partial charge in [-0.3, -0.25) is 14.4 Å². The van der Waals surface area contributed by atoms with E-state index in [1.54, 1.807) is 4.90 Å². The number of benzene rings is 1. The highest BCUT2D eigenvalue weighted by Crippen LogP contribution is 2.37. The average Bonchev–Trinajstić information content (AvgIpc) is 3.40. The summed E-state index contributed by atoms with van der Waals surface area (Å²) in [5.41, 5.74) is -0.0562. The van der Waals surface area contributed by atoms with Crippen molar-refractivity contribution in [3.63, 3.8) is 0 Å². The normalized spacial score (nSPS) is 21.7. The second kappa shape index (κ2) is 8.25. The van der Waals surface area contributed by atoms with Gasteiger partial charge in [0.25, 0.3) is 5.91 Å². The molecular formula is C19H23ClFN3O3. The molecule has 1 N–H and O–H groups in total. The van der Waals surface area contributed by atoms with Crippen LogP contribution in [0.5, 0.6) is 0 Å². The van der Waals surface area contributed by atoms with Crippen LogP contribution in [0.4, 0.5) is 4.39 Å². The first-order valence-corrected chi connectivity index (χ1v) is 9.54. The molecule has 0 bridgehead atoms. The molecule has 1 heterocycles. The number of amides is 3. The molecule has 0 spiro atoms. The van der Waals surface area contributed by atoms with Gasteiger partial charge in [-0.1, -0.05) is 18.5 Å². The number of piperazine rings is 1. The van der Waals surface area contributed by atoms with Crippen molar-refractivity contribution in [1.29, 1.82) is 0 Å². The van der Waals surface area contributed by atoms with E-state index in [4.69, 9.17) is 11.6 Å². The third-order valence-electron chi connectivity index (χ3n) is 5.16. The van der Waals surface area contributed by atoms with Gasteiger partial charge in [-0.05, 0) is 30.5 Å². The highest BCUT2D eigenvalue weighted by Gasteiger charge is 2.38. The standard InChI is InChI=1S/C19H23ClFN3O3/c1-12-10-14(12)18(26)22-5-4-17(25)23-6-8-24(9-7-23)19(27)15-11-13(20)2-3-16(15)21/h2-3,11-12,14H,4-10H2,1H3,(H,22,26). The molecule has 1 aromatic rings. The largest absolute Gasteiger partial charge is 0.355 e. The van der Waals surface area contributed by atoms with Gasteiger partial charge in [0.1, 0.15) is 5.82 Å². The van der Waals surface area contributed by atoms with Crippen LogP contribution in [0.3, 0.4) is 0 Å². The smallest absolute Gasteiger partial charge is 0.257 e. The Kier molecular flexibility index (Phi) is 5.99. The topological polar surface area (TPSA) is 69.7 Å². The van der Waals surface area contributed by atoms with Crippen LogP contribution >= 0.6 is 11.6 Å². The van der Waals surface area contributed by atoms with Gasteiger partial charge in [0, 0.05) is 50.1 Å². The number of carbonyl (C=O) groups is 3. The lowest BCUT2D eigenvalue weighted by atomic mass is 10.1. The van der Waals surface area contributed by atoms with Crippen molar-refractivity contribution in [2.45, 2.75) is 19.8 Å². The molecule has 27 heavy (non-hydrogen) atoms. The zero-order chi connectivity index (χ0) is 19.6. The molecule has 2 aliphatic rings. The summed E-state index contributed by atoms with van der Waals surface area (Å²) in [7, 11) is 0. The van der Waals surface area contributed by atoms with Gasteiger partial charge in [-0.2, -0.15) is 0 Å². The lowest BCUT2D eigenvalue weighted by molar-refractivity contribution is -0.132. The van der Waals surface area contributed by atoms with Crippen molar-refractivity contribution in [2.75, 3.05) is 32.7 Å². The number of nitrogens with one attached hydrogen (secondary N) is 1. The van der Waals surface area contributed by atoms with Gasteiger partial charge in [0.15, 0.2) is 0 Å². The molecule has 0 radical (unpaired) electrons. The molecule has 3 rings (SSSR count). The number of nitrogens with zero attached hydrogens (tertiary/aromatic N) is 2. The van der Waals surface area contributed by atoms with Gasteiger partial charge in [-0.25, -0.2) is 4.39 Å². The Labute approximate surface area is 162 Å². The van der Waals surface area contributed by atoms with Crippen molar-refractivity contribution in [2.24, 2.45) is 11.8 Å². The molecule has 1 aromatic carbocycles. The van der Waals surface area contributed by atoms with E-state index in [-0.39, 0.29) is 29.7 Å². The maximum Gasteiger partial charge on any atom is 0.257 e. The lowest BCUT2D eigenvalue weighted by Gasteiger charge is -2.35. The Bertz CT molecular complexity index is 750. The van der Waals surface area contributed by atoms with Crippen LogP contribution in [-0.4, -0.2) is 60.2 Å². The molecule has 0 aromatic heterocycles. The third-order valence-corrected chi connectivity index (χ3v) is 5.40. The van der Waals surface area contributed by atoms with Crippen LogP contribution in [-0.2, 0) is 9.59 Å². The third kappa shape index (κ3) is 4.77. The number of halogens is 2. The van der Waals surface area contributed by atoms with E-state index in [0.717, 1.165) is 6.42 Å². The average molecular weight is 396 g/mol. The first-order chi connectivity index (χ1) is 12.9. The van der Waals surface area contributed by atoms with Crippen molar-refractivity contribution >= 4 is 29.3 Å². The van der Waals surface area contributed by atoms with Crippen molar-refractivity contribution in [1.82, 2.24) is 15.1 Å². The minimum absolute atomic E-state index is 0.0225. The molecule has 1 saturated heterocycles. The molecule has 2 unspecified atom stereocenters. The van der Waals surface area contributed by atoms with Gasteiger partial charge in [0.2, 0.25) is 11.8 Å². The summed E-state index contributed by atoms with van der Waals surface area (Å²) in [6.07, 6.45) is 1.16. The van der Waals surface area contributed by atoms with Crippen LogP contribution in [0.2, 0.25) is 5.02 Å². The van der Waals surface area contributed by atoms with Gasteiger partial charge >= 0.3 is 0 Å². The minimum Gasteiger partial charge on any atom is -0.355 e. The van der Waals surface area contributed by atoms with E-state index in [1.807, 2.05) is 6.92 Å². The van der Waals surface area contributed by atoms with E-state index >= 15 is 0 Å². The molecule has 146 valence electrons. The highest BCUT2D eigenvalue weighted by atomic mass is 35.5. The molecule has 2 atom stereocenters. The Morgan fingerprint density at radius 2 is 1.81 bits per heavy atom. The maximum absolute atomic E-state index is 13.9. The van der Waals surface area contributed by atoms with E-state index in [1.165, 1.54) is 23.1 Å². The van der Waals surface area contributed by atoms with Crippen molar-refractivity contribution in [3.8, 4) is 0 Å². The highest BCUT2D eigenvalue weighted by molar-refractivity contribution is 6.31. The minimum atomic E-state index is -0.608. The van der Waals surface area contributed by atoms with Gasteiger partial charge in [0.05, 0.1) is 5.56 Å². The fourth-order valence-corrected chi connectivity index (χ4v) is 3.43. The van der Waals surface area contributed by atoms with E-state index in [0.29, 0.717) is 43.7 Å². The van der Waals surface area contributed by atoms with Gasteiger partial charge in [-0.15, -0.1) is 0 Å². The quantitative estimate of drug-likeness (QED) is 0.828. The van der Waals surface area contributed by atoms with Crippen LogP contribution in [0.25, 0.3) is 0 Å². The Morgan fingerprint density at radius 3 is 2.44 bits per heavy atom. The maximum atomic E-state index is 13.9. The fraction of sp³-hybridized carbons (Fsp3) is 0.526. The monoisotopic (exact) mass is 395 g/mol. The molecule has 3 amide bonds. The SMILES string of the molecule is CC1CC1C(=O)NCCC(=O)N1CCN(C(=O)c2cc(Cl)ccc2F)CC1. The molecule has 6 nitrogen and oxygen atoms in total. The summed E-state index contributed by atoms with van der Waals surface area (Å²) in [6.45, 7) is 3.81. The summed E-state index contributed by atoms with van der Waals surface area (Å²) in [4.78, 5) is 39.7. The molecular weight excluding hydrogens is 373 g/mol. The summed E-state index contributed by atoms with van der Waals surface area (Å²) in [5.74, 6) is -0.525. The van der Waals surface area contributed by atoms with Crippen molar-refractivity contribution < 1.29 is 18.8 Å². The predicted octanol–water partition coefficient (Wildman–Crippen LogP) is 1.93. The number of hydrogen-bond acceptors (Lipinski definition) is 3. The predicted molar refractivity (Wildman–Crippen MR) is 98.8 cm³/mol. The number of hydrogen-bond donors (Lipinski definition) is 1. The Hall–Kier alpha value is -2.15. The van der Waals surface area contributed by atoms with Gasteiger partial charge < -0.3 is 15.1 Å². The number of carbonyl (C=O) groups excluding carboxylic acids is 3. The summed E-state index contributed by atoms with van der Waals surface area (Å²) in [5, 5.41) is 3.10. The Balaban J connectivity index is 1.44. The first-order valence-electron chi connectivity index (χ1n) is 9.16. The van der Waals surface area contributed by atoms with Crippen LogP contribution in [0, 0.1) is 17.7 Å². The second-order valence-corrected chi connectivity index (χ2v) is 7.59. The van der Waals surface area contributed by atoms with E-state index in [2.05, 4.69) is 5.32 Å². The zero-order valence-corrected chi connectivity index (χ0v) is 16.0. The summed E-state index contributed by atoms with van der Waals surface area (Å²) in [6, 6.07) is 3.89. The van der Waals surface area contributed by atoms with Crippen LogP contribution in [0.1, 0.15) is 30.1 Å². The fourth-order valence-electron chi connectivity index (χ4n) is 3.26. The van der Waals surface area contributed by atoms with E-state index < -0.39 is 11.7 Å². The number of rotatable bonds is 5. The molecule has 1 saturated carbocycles. The van der Waals surface area contributed by atoms with E-state index in [9.17, 15) is 18.8 Å². The molecule has 1 aliphatic heterocycles. The molecule has 1 aliphatic carbocycles. The zero-order valence-electron chi connectivity index (χ0n) is 15.2. The van der Waals surface area contributed by atoms with Crippen molar-refractivity contribution in [3.05, 3.63) is 34.6 Å². The summed E-state index contributed by atoms with van der Waals surface area (Å²) >= 11 is 5.85. The molecule has 8 heteroatoms. The van der Waals surface area contributed by atoms with Crippen LogP contribution < -0.4 is 5.32 Å².